The van der Waals surface area contributed by atoms with E-state index in [0.717, 1.165) is 42.6 Å². The summed E-state index contributed by atoms with van der Waals surface area (Å²) < 4.78 is 0. The molecule has 0 saturated heterocycles. The highest BCUT2D eigenvalue weighted by Gasteiger charge is 2.35. The SMILES string of the molecule is C=C(C)C1CC(C)=CC1c1c(O)c([C@@H]2C=CCN2C)c(CCC)[nH]c1=O. The van der Waals surface area contributed by atoms with Crippen molar-refractivity contribution in [2.75, 3.05) is 13.6 Å². The molecule has 26 heavy (non-hydrogen) atoms. The summed E-state index contributed by atoms with van der Waals surface area (Å²) in [7, 11) is 2.04. The molecule has 4 heteroatoms. The van der Waals surface area contributed by atoms with Crippen LogP contribution in [-0.4, -0.2) is 28.6 Å². The van der Waals surface area contributed by atoms with Gasteiger partial charge in [0.25, 0.3) is 5.56 Å². The number of aromatic hydroxyl groups is 1. The molecule has 0 amide bonds. The van der Waals surface area contributed by atoms with Crippen molar-refractivity contribution in [3.63, 3.8) is 0 Å². The van der Waals surface area contributed by atoms with Gasteiger partial charge in [0.2, 0.25) is 0 Å². The highest BCUT2D eigenvalue weighted by molar-refractivity contribution is 5.50. The van der Waals surface area contributed by atoms with Gasteiger partial charge < -0.3 is 10.1 Å². The molecule has 2 aliphatic rings. The lowest BCUT2D eigenvalue weighted by Gasteiger charge is -2.27. The van der Waals surface area contributed by atoms with Crippen LogP contribution in [0.25, 0.3) is 0 Å². The summed E-state index contributed by atoms with van der Waals surface area (Å²) in [5.74, 6) is 0.230. The number of hydrogen-bond donors (Lipinski definition) is 2. The first-order valence-corrected chi connectivity index (χ1v) is 9.52. The maximum atomic E-state index is 12.9. The molecule has 0 saturated carbocycles. The number of nitrogens with zero attached hydrogens (tertiary/aromatic N) is 1. The quantitative estimate of drug-likeness (QED) is 0.779. The van der Waals surface area contributed by atoms with Crippen LogP contribution in [0.15, 0.2) is 40.7 Å². The Kier molecular flexibility index (Phi) is 5.24. The zero-order chi connectivity index (χ0) is 19.0. The molecule has 140 valence electrons. The summed E-state index contributed by atoms with van der Waals surface area (Å²) in [6.07, 6.45) is 8.91. The van der Waals surface area contributed by atoms with E-state index in [1.807, 2.05) is 14.0 Å². The van der Waals surface area contributed by atoms with E-state index in [0.29, 0.717) is 5.56 Å². The van der Waals surface area contributed by atoms with Gasteiger partial charge in [-0.25, -0.2) is 0 Å². The third-order valence-corrected chi connectivity index (χ3v) is 5.73. The number of likely N-dealkylation sites (N-methyl/N-ethyl adjacent to an activating group) is 1. The standard InChI is InChI=1S/C22H30N2O2/c1-6-8-17-20(18-9-7-10-24(18)5)21(25)19(22(26)23-17)16-12-14(4)11-15(16)13(2)3/h7,9,12,15-16,18H,2,6,8,10-11H2,1,3-5H3,(H2,23,25,26)/t15?,16?,18-/m0/s1. The first kappa shape index (κ1) is 18.7. The molecule has 3 rings (SSSR count). The fraction of sp³-hybridized carbons (Fsp3) is 0.500. The first-order valence-electron chi connectivity index (χ1n) is 9.52. The zero-order valence-electron chi connectivity index (χ0n) is 16.3. The fourth-order valence-corrected chi connectivity index (χ4v) is 4.41. The molecule has 4 nitrogen and oxygen atoms in total. The van der Waals surface area contributed by atoms with Crippen LogP contribution < -0.4 is 5.56 Å². The molecular formula is C22H30N2O2. The van der Waals surface area contributed by atoms with E-state index in [2.05, 4.69) is 48.5 Å². The molecule has 0 spiro atoms. The Hall–Kier alpha value is -2.07. The Labute approximate surface area is 155 Å². The molecule has 3 atom stereocenters. The van der Waals surface area contributed by atoms with Crippen LogP contribution >= 0.6 is 0 Å². The van der Waals surface area contributed by atoms with E-state index in [9.17, 15) is 9.90 Å². The predicted molar refractivity (Wildman–Crippen MR) is 107 cm³/mol. The number of aromatic nitrogens is 1. The highest BCUT2D eigenvalue weighted by atomic mass is 16.3. The largest absolute Gasteiger partial charge is 0.507 e. The molecule has 2 N–H and O–H groups in total. The Bertz CT molecular complexity index is 831. The summed E-state index contributed by atoms with van der Waals surface area (Å²) in [5.41, 5.74) is 4.35. The lowest BCUT2D eigenvalue weighted by atomic mass is 9.83. The number of nitrogens with one attached hydrogen (secondary N) is 1. The fourth-order valence-electron chi connectivity index (χ4n) is 4.41. The van der Waals surface area contributed by atoms with Crippen molar-refractivity contribution in [2.45, 2.75) is 52.0 Å². The molecular weight excluding hydrogens is 324 g/mol. The number of rotatable bonds is 5. The molecule has 0 fully saturated rings. The zero-order valence-corrected chi connectivity index (χ0v) is 16.3. The van der Waals surface area contributed by atoms with Crippen molar-refractivity contribution in [2.24, 2.45) is 5.92 Å². The molecule has 1 aliphatic carbocycles. The minimum absolute atomic E-state index is 0.00177. The summed E-state index contributed by atoms with van der Waals surface area (Å²) in [6, 6.07) is 0.00177. The molecule has 1 aromatic rings. The summed E-state index contributed by atoms with van der Waals surface area (Å²) in [5, 5.41) is 11.3. The normalized spacial score (nSPS) is 25.7. The first-order chi connectivity index (χ1) is 12.3. The molecule has 1 aromatic heterocycles. The maximum Gasteiger partial charge on any atom is 0.255 e. The van der Waals surface area contributed by atoms with Gasteiger partial charge in [-0.3, -0.25) is 9.69 Å². The lowest BCUT2D eigenvalue weighted by molar-refractivity contribution is 0.325. The van der Waals surface area contributed by atoms with Gasteiger partial charge in [-0.1, -0.05) is 49.3 Å². The van der Waals surface area contributed by atoms with Crippen molar-refractivity contribution in [1.82, 2.24) is 9.88 Å². The van der Waals surface area contributed by atoms with Crippen LogP contribution in [0.4, 0.5) is 0 Å². The summed E-state index contributed by atoms with van der Waals surface area (Å²) in [6.45, 7) is 11.1. The second-order valence-electron chi connectivity index (χ2n) is 7.87. The van der Waals surface area contributed by atoms with Crippen LogP contribution in [-0.2, 0) is 6.42 Å². The van der Waals surface area contributed by atoms with Crippen molar-refractivity contribution >= 4 is 0 Å². The Morgan fingerprint density at radius 1 is 1.42 bits per heavy atom. The monoisotopic (exact) mass is 354 g/mol. The van der Waals surface area contributed by atoms with Crippen LogP contribution in [0, 0.1) is 5.92 Å². The van der Waals surface area contributed by atoms with Crippen LogP contribution in [0.1, 0.15) is 62.4 Å². The Balaban J connectivity index is 2.19. The third-order valence-electron chi connectivity index (χ3n) is 5.73. The molecule has 0 radical (unpaired) electrons. The number of H-pyrrole nitrogens is 1. The molecule has 0 bridgehead atoms. The van der Waals surface area contributed by atoms with Crippen LogP contribution in [0.5, 0.6) is 5.75 Å². The number of pyridine rings is 1. The second kappa shape index (κ2) is 7.28. The number of aromatic amines is 1. The molecule has 0 aromatic carbocycles. The third kappa shape index (κ3) is 3.18. The Morgan fingerprint density at radius 3 is 2.73 bits per heavy atom. The van der Waals surface area contributed by atoms with E-state index >= 15 is 0 Å². The average Bonchev–Trinajstić information content (AvgIpc) is 3.14. The average molecular weight is 354 g/mol. The van der Waals surface area contributed by atoms with Crippen molar-refractivity contribution in [1.29, 1.82) is 0 Å². The summed E-state index contributed by atoms with van der Waals surface area (Å²) >= 11 is 0. The van der Waals surface area contributed by atoms with Crippen molar-refractivity contribution in [3.8, 4) is 5.75 Å². The van der Waals surface area contributed by atoms with Crippen molar-refractivity contribution < 1.29 is 5.11 Å². The predicted octanol–water partition coefficient (Wildman–Crippen LogP) is 4.20. The van der Waals surface area contributed by atoms with Crippen LogP contribution in [0.2, 0.25) is 0 Å². The minimum Gasteiger partial charge on any atom is -0.507 e. The maximum absolute atomic E-state index is 12.9. The van der Waals surface area contributed by atoms with Gasteiger partial charge in [0, 0.05) is 23.7 Å². The lowest BCUT2D eigenvalue weighted by Crippen LogP contribution is -2.26. The number of allylic oxidation sites excluding steroid dienone is 3. The second-order valence-corrected chi connectivity index (χ2v) is 7.87. The van der Waals surface area contributed by atoms with E-state index in [-0.39, 0.29) is 29.2 Å². The van der Waals surface area contributed by atoms with Gasteiger partial charge in [-0.2, -0.15) is 0 Å². The Morgan fingerprint density at radius 2 is 2.15 bits per heavy atom. The topological polar surface area (TPSA) is 56.3 Å². The molecule has 1 aliphatic heterocycles. The molecule has 2 heterocycles. The van der Waals surface area contributed by atoms with Crippen molar-refractivity contribution in [3.05, 3.63) is 63.1 Å². The van der Waals surface area contributed by atoms with E-state index in [1.54, 1.807) is 0 Å². The van der Waals surface area contributed by atoms with Gasteiger partial charge in [-0.05, 0) is 39.7 Å². The van der Waals surface area contributed by atoms with E-state index in [4.69, 9.17) is 0 Å². The number of aryl methyl sites for hydroxylation is 1. The van der Waals surface area contributed by atoms with Crippen LogP contribution in [0.3, 0.4) is 0 Å². The summed E-state index contributed by atoms with van der Waals surface area (Å²) in [4.78, 5) is 18.2. The van der Waals surface area contributed by atoms with E-state index < -0.39 is 0 Å². The van der Waals surface area contributed by atoms with Gasteiger partial charge >= 0.3 is 0 Å². The van der Waals surface area contributed by atoms with Gasteiger partial charge in [0.1, 0.15) is 5.75 Å². The number of hydrogen-bond acceptors (Lipinski definition) is 3. The van der Waals surface area contributed by atoms with Gasteiger partial charge in [0.15, 0.2) is 0 Å². The van der Waals surface area contributed by atoms with E-state index in [1.165, 1.54) is 5.57 Å². The smallest absolute Gasteiger partial charge is 0.255 e. The minimum atomic E-state index is -0.165. The highest BCUT2D eigenvalue weighted by Crippen LogP contribution is 2.45. The van der Waals surface area contributed by atoms with Gasteiger partial charge in [0.05, 0.1) is 11.6 Å². The molecule has 2 unspecified atom stereocenters. The van der Waals surface area contributed by atoms with Gasteiger partial charge in [-0.15, -0.1) is 0 Å².